The normalized spacial score (nSPS) is 13.7. The van der Waals surface area contributed by atoms with Crippen LogP contribution in [0.5, 0.6) is 17.2 Å². The number of anilines is 1. The fraction of sp³-hybridized carbons (Fsp3) is 0.226. The molecule has 1 aromatic heterocycles. The molecule has 2 amide bonds. The van der Waals surface area contributed by atoms with Crippen LogP contribution in [-0.2, 0) is 22.6 Å². The minimum absolute atomic E-state index is 0.223. The van der Waals surface area contributed by atoms with Crippen LogP contribution in [-0.4, -0.2) is 60.1 Å². The number of carbonyl (C=O) groups is 3. The van der Waals surface area contributed by atoms with Crippen molar-refractivity contribution in [2.75, 3.05) is 26.1 Å². The quantitative estimate of drug-likeness (QED) is 0.217. The van der Waals surface area contributed by atoms with Gasteiger partial charge in [-0.15, -0.1) is 0 Å². The predicted octanol–water partition coefficient (Wildman–Crippen LogP) is 4.85. The van der Waals surface area contributed by atoms with Crippen molar-refractivity contribution in [3.63, 3.8) is 0 Å². The number of aromatic nitrogens is 2. The SMILES string of the molecule is COc1ccc(CNC(=O)c2cc(-c3cn[nH]c3)ccc2NC(=O)C2COc3ccc(OC)cc3C2)cc1.O=C(O)C(F)(F)F. The minimum Gasteiger partial charge on any atom is -0.497 e. The highest BCUT2D eigenvalue weighted by molar-refractivity contribution is 6.05. The molecule has 1 aliphatic rings. The van der Waals surface area contributed by atoms with Gasteiger partial charge in [-0.1, -0.05) is 18.2 Å². The zero-order valence-corrected chi connectivity index (χ0v) is 24.1. The standard InChI is InChI=1S/C29H28N4O5.C2HF3O2/c1-36-23-6-3-18(4-7-23)14-30-29(35)25-13-19(22-15-31-32-16-22)5-9-26(25)33-28(34)21-11-20-12-24(37-2)8-10-27(20)38-17-21;3-2(4,5)1(6)7/h3-10,12-13,15-16,21H,11,14,17H2,1-2H3,(H,30,35)(H,31,32)(H,33,34);(H,6,7). The number of halogens is 3. The van der Waals surface area contributed by atoms with E-state index >= 15 is 0 Å². The maximum Gasteiger partial charge on any atom is 0.490 e. The van der Waals surface area contributed by atoms with Crippen LogP contribution in [0.15, 0.2) is 73.1 Å². The maximum atomic E-state index is 13.3. The molecule has 45 heavy (non-hydrogen) atoms. The second-order valence-corrected chi connectivity index (χ2v) is 9.76. The Hall–Kier alpha value is -5.53. The first-order valence-corrected chi connectivity index (χ1v) is 13.4. The number of carbonyl (C=O) groups excluding carboxylic acids is 2. The molecule has 14 heteroatoms. The van der Waals surface area contributed by atoms with E-state index in [1.165, 1.54) is 0 Å². The van der Waals surface area contributed by atoms with E-state index in [1.807, 2.05) is 48.5 Å². The summed E-state index contributed by atoms with van der Waals surface area (Å²) >= 11 is 0. The molecular formula is C31H29F3N4O7. The molecule has 1 unspecified atom stereocenters. The van der Waals surface area contributed by atoms with Gasteiger partial charge < -0.3 is 30.0 Å². The summed E-state index contributed by atoms with van der Waals surface area (Å²) in [4.78, 5) is 35.5. The molecule has 0 saturated heterocycles. The second kappa shape index (κ2) is 14.3. The summed E-state index contributed by atoms with van der Waals surface area (Å²) in [7, 11) is 3.21. The fourth-order valence-electron chi connectivity index (χ4n) is 4.35. The summed E-state index contributed by atoms with van der Waals surface area (Å²) in [6, 6.07) is 18.4. The molecular weight excluding hydrogens is 597 g/mol. The zero-order valence-electron chi connectivity index (χ0n) is 24.1. The number of alkyl halides is 3. The number of carboxylic acid groups (broad SMARTS) is 1. The van der Waals surface area contributed by atoms with E-state index in [-0.39, 0.29) is 18.4 Å². The van der Waals surface area contributed by atoms with E-state index in [0.717, 1.165) is 33.8 Å². The van der Waals surface area contributed by atoms with Gasteiger partial charge in [-0.25, -0.2) is 4.79 Å². The number of methoxy groups -OCH3 is 2. The minimum atomic E-state index is -5.08. The molecule has 0 spiro atoms. The Morgan fingerprint density at radius 2 is 1.69 bits per heavy atom. The van der Waals surface area contributed by atoms with Crippen LogP contribution in [0.1, 0.15) is 21.5 Å². The Bertz CT molecular complexity index is 1640. The third kappa shape index (κ3) is 8.53. The maximum absolute atomic E-state index is 13.3. The first-order chi connectivity index (χ1) is 21.5. The molecule has 2 heterocycles. The Kier molecular flexibility index (Phi) is 10.3. The van der Waals surface area contributed by atoms with Crippen LogP contribution in [0, 0.1) is 5.92 Å². The van der Waals surface area contributed by atoms with Crippen molar-refractivity contribution < 1.29 is 46.9 Å². The summed E-state index contributed by atoms with van der Waals surface area (Å²) in [5.41, 5.74) is 4.23. The van der Waals surface area contributed by atoms with Gasteiger partial charge in [-0.2, -0.15) is 18.3 Å². The highest BCUT2D eigenvalue weighted by atomic mass is 19.4. The van der Waals surface area contributed by atoms with Crippen molar-refractivity contribution in [1.29, 1.82) is 0 Å². The van der Waals surface area contributed by atoms with Gasteiger partial charge in [-0.05, 0) is 65.6 Å². The molecule has 4 aromatic rings. The number of hydrogen-bond acceptors (Lipinski definition) is 7. The molecule has 0 aliphatic carbocycles. The highest BCUT2D eigenvalue weighted by Gasteiger charge is 2.38. The molecule has 4 N–H and O–H groups in total. The largest absolute Gasteiger partial charge is 0.497 e. The van der Waals surface area contributed by atoms with E-state index in [2.05, 4.69) is 20.8 Å². The van der Waals surface area contributed by atoms with Gasteiger partial charge in [0.25, 0.3) is 5.91 Å². The average Bonchev–Trinajstić information content (AvgIpc) is 3.58. The molecule has 1 atom stereocenters. The Balaban J connectivity index is 0.000000591. The topological polar surface area (TPSA) is 152 Å². The van der Waals surface area contributed by atoms with Gasteiger partial charge >= 0.3 is 12.1 Å². The number of aliphatic carboxylic acids is 1. The molecule has 3 aromatic carbocycles. The number of nitrogens with zero attached hydrogens (tertiary/aromatic N) is 1. The first-order valence-electron chi connectivity index (χ1n) is 13.4. The molecule has 5 rings (SSSR count). The Morgan fingerprint density at radius 1 is 1.00 bits per heavy atom. The Labute approximate surface area is 255 Å². The Morgan fingerprint density at radius 3 is 2.31 bits per heavy atom. The van der Waals surface area contributed by atoms with Gasteiger partial charge in [0.2, 0.25) is 5.91 Å². The number of hydrogen-bond donors (Lipinski definition) is 4. The molecule has 236 valence electrons. The molecule has 0 fully saturated rings. The van der Waals surface area contributed by atoms with Crippen molar-refractivity contribution in [3.05, 3.63) is 89.7 Å². The highest BCUT2D eigenvalue weighted by Crippen LogP contribution is 2.32. The number of amides is 2. The van der Waals surface area contributed by atoms with Gasteiger partial charge in [-0.3, -0.25) is 14.7 Å². The lowest BCUT2D eigenvalue weighted by Crippen LogP contribution is -2.33. The van der Waals surface area contributed by atoms with Crippen LogP contribution in [0.2, 0.25) is 0 Å². The van der Waals surface area contributed by atoms with Gasteiger partial charge in [0.15, 0.2) is 0 Å². The second-order valence-electron chi connectivity index (χ2n) is 9.76. The van der Waals surface area contributed by atoms with Crippen LogP contribution in [0.3, 0.4) is 0 Å². The third-order valence-corrected chi connectivity index (χ3v) is 6.75. The summed E-state index contributed by atoms with van der Waals surface area (Å²) in [5, 5.41) is 19.8. The van der Waals surface area contributed by atoms with Crippen molar-refractivity contribution in [1.82, 2.24) is 15.5 Å². The lowest BCUT2D eigenvalue weighted by atomic mass is 9.95. The first kappa shape index (κ1) is 32.4. The molecule has 1 aliphatic heterocycles. The van der Waals surface area contributed by atoms with E-state index in [1.54, 1.807) is 38.7 Å². The van der Waals surface area contributed by atoms with Crippen LogP contribution in [0.25, 0.3) is 11.1 Å². The number of benzene rings is 3. The van der Waals surface area contributed by atoms with Gasteiger partial charge in [0, 0.05) is 18.3 Å². The number of aromatic amines is 1. The molecule has 0 radical (unpaired) electrons. The summed E-state index contributed by atoms with van der Waals surface area (Å²) in [6.07, 6.45) is -1.15. The number of nitrogens with one attached hydrogen (secondary N) is 3. The smallest absolute Gasteiger partial charge is 0.490 e. The van der Waals surface area contributed by atoms with E-state index in [0.29, 0.717) is 30.0 Å². The van der Waals surface area contributed by atoms with Crippen LogP contribution < -0.4 is 24.8 Å². The van der Waals surface area contributed by atoms with Crippen molar-refractivity contribution >= 4 is 23.5 Å². The van der Waals surface area contributed by atoms with E-state index in [4.69, 9.17) is 24.1 Å². The lowest BCUT2D eigenvalue weighted by Gasteiger charge is -2.25. The van der Waals surface area contributed by atoms with Gasteiger partial charge in [0.1, 0.15) is 23.9 Å². The fourth-order valence-corrected chi connectivity index (χ4v) is 4.35. The summed E-state index contributed by atoms with van der Waals surface area (Å²) < 4.78 is 48.1. The molecule has 11 nitrogen and oxygen atoms in total. The zero-order chi connectivity index (χ0) is 32.6. The van der Waals surface area contributed by atoms with Gasteiger partial charge in [0.05, 0.1) is 37.6 Å². The van der Waals surface area contributed by atoms with Crippen molar-refractivity contribution in [2.45, 2.75) is 19.1 Å². The number of carboxylic acids is 1. The van der Waals surface area contributed by atoms with Crippen LogP contribution >= 0.6 is 0 Å². The monoisotopic (exact) mass is 626 g/mol. The van der Waals surface area contributed by atoms with Crippen LogP contribution in [0.4, 0.5) is 18.9 Å². The van der Waals surface area contributed by atoms with Crippen molar-refractivity contribution in [3.8, 4) is 28.4 Å². The number of rotatable bonds is 8. The predicted molar refractivity (Wildman–Crippen MR) is 156 cm³/mol. The van der Waals surface area contributed by atoms with E-state index in [9.17, 15) is 22.8 Å². The summed E-state index contributed by atoms with van der Waals surface area (Å²) in [6.45, 7) is 0.568. The number of ether oxygens (including phenoxy) is 3. The molecule has 0 bridgehead atoms. The summed E-state index contributed by atoms with van der Waals surface area (Å²) in [5.74, 6) is -1.51. The third-order valence-electron chi connectivity index (χ3n) is 6.75. The van der Waals surface area contributed by atoms with E-state index < -0.39 is 18.1 Å². The number of H-pyrrole nitrogens is 1. The average molecular weight is 627 g/mol. The van der Waals surface area contributed by atoms with Crippen molar-refractivity contribution in [2.24, 2.45) is 5.92 Å². The number of fused-ring (bicyclic) bond motifs is 1. The lowest BCUT2D eigenvalue weighted by molar-refractivity contribution is -0.192. The molecule has 0 saturated carbocycles.